The molecule has 3 rings (SSSR count). The largest absolute Gasteiger partial charge is 0.451 e. The van der Waals surface area contributed by atoms with Crippen LogP contribution in [-0.2, 0) is 6.18 Å². The highest BCUT2D eigenvalue weighted by atomic mass is 19.4. The van der Waals surface area contributed by atoms with Crippen molar-refractivity contribution < 1.29 is 27.3 Å². The number of nitro groups is 1. The number of alkyl halides is 3. The molecule has 0 radical (unpaired) electrons. The third kappa shape index (κ3) is 4.14. The van der Waals surface area contributed by atoms with E-state index in [1.807, 2.05) is 0 Å². The number of carbonyl (C=O) groups excluding carboxylic acids is 1. The van der Waals surface area contributed by atoms with E-state index in [9.17, 15) is 28.1 Å². The summed E-state index contributed by atoms with van der Waals surface area (Å²) in [6, 6.07) is 12.6. The van der Waals surface area contributed by atoms with Gasteiger partial charge in [0.1, 0.15) is 5.76 Å². The fraction of sp³-hybridized carbons (Fsp3) is 0.0556. The molecule has 138 valence electrons. The Morgan fingerprint density at radius 2 is 1.74 bits per heavy atom. The summed E-state index contributed by atoms with van der Waals surface area (Å²) < 4.78 is 43.6. The molecular weight excluding hydrogens is 365 g/mol. The van der Waals surface area contributed by atoms with Gasteiger partial charge in [0.25, 0.3) is 11.6 Å². The molecule has 0 aliphatic carbocycles. The van der Waals surface area contributed by atoms with Crippen molar-refractivity contribution in [3.05, 3.63) is 82.1 Å². The van der Waals surface area contributed by atoms with Gasteiger partial charge < -0.3 is 9.73 Å². The molecule has 0 saturated carbocycles. The normalized spacial score (nSPS) is 11.2. The van der Waals surface area contributed by atoms with E-state index in [2.05, 4.69) is 5.32 Å². The Labute approximate surface area is 150 Å². The van der Waals surface area contributed by atoms with Gasteiger partial charge in [0.05, 0.1) is 10.5 Å². The lowest BCUT2D eigenvalue weighted by atomic mass is 10.1. The van der Waals surface area contributed by atoms with E-state index in [0.29, 0.717) is 11.3 Å². The topological polar surface area (TPSA) is 85.4 Å². The SMILES string of the molecule is O=C(Nc1cccc(C(F)(F)F)c1)c1ccc(-c2ccc([N+](=O)[O-])cc2)o1. The predicted octanol–water partition coefficient (Wildman–Crippen LogP) is 5.13. The van der Waals surface area contributed by atoms with E-state index in [4.69, 9.17) is 4.42 Å². The van der Waals surface area contributed by atoms with E-state index in [0.717, 1.165) is 12.1 Å². The van der Waals surface area contributed by atoms with Crippen LogP contribution in [0.4, 0.5) is 24.5 Å². The van der Waals surface area contributed by atoms with E-state index in [-0.39, 0.29) is 17.1 Å². The molecule has 0 fully saturated rings. The van der Waals surface area contributed by atoms with Crippen LogP contribution in [0.2, 0.25) is 0 Å². The first kappa shape index (κ1) is 18.2. The van der Waals surface area contributed by atoms with Gasteiger partial charge in [-0.05, 0) is 42.5 Å². The average Bonchev–Trinajstić information content (AvgIpc) is 3.11. The van der Waals surface area contributed by atoms with Crippen LogP contribution in [0.25, 0.3) is 11.3 Å². The maximum absolute atomic E-state index is 12.7. The first-order valence-corrected chi connectivity index (χ1v) is 7.57. The molecule has 3 aromatic rings. The number of non-ortho nitro benzene ring substituents is 1. The Morgan fingerprint density at radius 3 is 2.37 bits per heavy atom. The summed E-state index contributed by atoms with van der Waals surface area (Å²) in [4.78, 5) is 22.3. The van der Waals surface area contributed by atoms with E-state index in [1.165, 1.54) is 48.5 Å². The molecule has 2 aromatic carbocycles. The number of furan rings is 1. The molecule has 27 heavy (non-hydrogen) atoms. The maximum atomic E-state index is 12.7. The number of nitrogens with one attached hydrogen (secondary N) is 1. The number of hydrogen-bond donors (Lipinski definition) is 1. The van der Waals surface area contributed by atoms with Gasteiger partial charge in [-0.25, -0.2) is 0 Å². The first-order valence-electron chi connectivity index (χ1n) is 7.57. The quantitative estimate of drug-likeness (QED) is 0.505. The van der Waals surface area contributed by atoms with Crippen LogP contribution in [0.15, 0.2) is 65.1 Å². The highest BCUT2D eigenvalue weighted by Crippen LogP contribution is 2.31. The Bertz CT molecular complexity index is 994. The molecular formula is C18H11F3N2O4. The van der Waals surface area contributed by atoms with Crippen molar-refractivity contribution in [2.24, 2.45) is 0 Å². The Morgan fingerprint density at radius 1 is 1.04 bits per heavy atom. The second kappa shape index (κ2) is 6.94. The lowest BCUT2D eigenvalue weighted by molar-refractivity contribution is -0.384. The minimum atomic E-state index is -4.52. The third-order valence-electron chi connectivity index (χ3n) is 3.64. The Hall–Kier alpha value is -3.62. The van der Waals surface area contributed by atoms with Gasteiger partial charge >= 0.3 is 6.18 Å². The Balaban J connectivity index is 1.76. The van der Waals surface area contributed by atoms with E-state index >= 15 is 0 Å². The number of anilines is 1. The number of hydrogen-bond acceptors (Lipinski definition) is 4. The van der Waals surface area contributed by atoms with Gasteiger partial charge in [0.2, 0.25) is 0 Å². The van der Waals surface area contributed by atoms with Crippen LogP contribution in [0.5, 0.6) is 0 Å². The minimum absolute atomic E-state index is 0.0249. The zero-order valence-corrected chi connectivity index (χ0v) is 13.5. The number of halogens is 3. The van der Waals surface area contributed by atoms with Crippen molar-refractivity contribution in [3.63, 3.8) is 0 Å². The van der Waals surface area contributed by atoms with Crippen LogP contribution < -0.4 is 5.32 Å². The highest BCUT2D eigenvalue weighted by Gasteiger charge is 2.30. The van der Waals surface area contributed by atoms with Crippen LogP contribution >= 0.6 is 0 Å². The molecule has 1 heterocycles. The van der Waals surface area contributed by atoms with Crippen molar-refractivity contribution in [2.75, 3.05) is 5.32 Å². The van der Waals surface area contributed by atoms with Crippen molar-refractivity contribution in [2.45, 2.75) is 6.18 Å². The van der Waals surface area contributed by atoms with Crippen molar-refractivity contribution in [1.82, 2.24) is 0 Å². The predicted molar refractivity (Wildman–Crippen MR) is 90.2 cm³/mol. The summed E-state index contributed by atoms with van der Waals surface area (Å²) in [7, 11) is 0. The lowest BCUT2D eigenvalue weighted by Gasteiger charge is -2.09. The number of nitro benzene ring substituents is 1. The van der Waals surface area contributed by atoms with Gasteiger partial charge in [-0.2, -0.15) is 13.2 Å². The monoisotopic (exact) mass is 376 g/mol. The van der Waals surface area contributed by atoms with Crippen molar-refractivity contribution in [3.8, 4) is 11.3 Å². The second-order valence-corrected chi connectivity index (χ2v) is 5.50. The zero-order valence-electron chi connectivity index (χ0n) is 13.5. The van der Waals surface area contributed by atoms with Crippen molar-refractivity contribution >= 4 is 17.3 Å². The van der Waals surface area contributed by atoms with Crippen LogP contribution in [-0.4, -0.2) is 10.8 Å². The molecule has 1 amide bonds. The van der Waals surface area contributed by atoms with Crippen LogP contribution in [0, 0.1) is 10.1 Å². The summed E-state index contributed by atoms with van der Waals surface area (Å²) >= 11 is 0. The average molecular weight is 376 g/mol. The number of benzene rings is 2. The summed E-state index contributed by atoms with van der Waals surface area (Å²) in [6.45, 7) is 0. The second-order valence-electron chi connectivity index (χ2n) is 5.50. The number of carbonyl (C=O) groups is 1. The van der Waals surface area contributed by atoms with E-state index in [1.54, 1.807) is 0 Å². The molecule has 9 heteroatoms. The molecule has 0 bridgehead atoms. The molecule has 1 N–H and O–H groups in total. The van der Waals surface area contributed by atoms with Gasteiger partial charge in [0.15, 0.2) is 5.76 Å². The molecule has 0 atom stereocenters. The third-order valence-corrected chi connectivity index (χ3v) is 3.64. The highest BCUT2D eigenvalue weighted by molar-refractivity contribution is 6.02. The molecule has 0 aliphatic heterocycles. The molecule has 0 spiro atoms. The van der Waals surface area contributed by atoms with Crippen LogP contribution in [0.1, 0.15) is 16.1 Å². The fourth-order valence-electron chi connectivity index (χ4n) is 2.33. The molecule has 0 unspecified atom stereocenters. The standard InChI is InChI=1S/C18H11F3N2O4/c19-18(20,21)12-2-1-3-13(10-12)22-17(24)16-9-8-15(27-16)11-4-6-14(7-5-11)23(25)26/h1-10H,(H,22,24). The molecule has 0 saturated heterocycles. The minimum Gasteiger partial charge on any atom is -0.451 e. The smallest absolute Gasteiger partial charge is 0.416 e. The zero-order chi connectivity index (χ0) is 19.6. The number of amides is 1. The molecule has 6 nitrogen and oxygen atoms in total. The van der Waals surface area contributed by atoms with E-state index < -0.39 is 22.6 Å². The maximum Gasteiger partial charge on any atom is 0.416 e. The van der Waals surface area contributed by atoms with Gasteiger partial charge in [-0.3, -0.25) is 14.9 Å². The van der Waals surface area contributed by atoms with Gasteiger partial charge in [0, 0.05) is 23.4 Å². The summed E-state index contributed by atoms with van der Waals surface area (Å²) in [5.41, 5.74) is -0.485. The molecule has 0 aliphatic rings. The van der Waals surface area contributed by atoms with Crippen LogP contribution in [0.3, 0.4) is 0 Å². The molecule has 1 aromatic heterocycles. The van der Waals surface area contributed by atoms with Gasteiger partial charge in [-0.1, -0.05) is 6.07 Å². The first-order chi connectivity index (χ1) is 12.7. The fourth-order valence-corrected chi connectivity index (χ4v) is 2.33. The van der Waals surface area contributed by atoms with Gasteiger partial charge in [-0.15, -0.1) is 0 Å². The van der Waals surface area contributed by atoms with Crippen molar-refractivity contribution in [1.29, 1.82) is 0 Å². The Kier molecular flexibility index (Phi) is 4.68. The summed E-state index contributed by atoms with van der Waals surface area (Å²) in [5, 5.41) is 13.0. The number of rotatable bonds is 4. The lowest BCUT2D eigenvalue weighted by Crippen LogP contribution is -2.12. The summed E-state index contributed by atoms with van der Waals surface area (Å²) in [5.74, 6) is -0.539. The number of nitrogens with zero attached hydrogens (tertiary/aromatic N) is 1. The summed E-state index contributed by atoms with van der Waals surface area (Å²) in [6.07, 6.45) is -4.52.